The molecule has 3 rings (SSSR count). The zero-order valence-corrected chi connectivity index (χ0v) is 11.6. The maximum atomic E-state index is 12.4. The number of likely N-dealkylation sites (tertiary alicyclic amines) is 1. The zero-order valence-electron chi connectivity index (χ0n) is 11.6. The molecule has 1 aromatic heterocycles. The number of cyclic esters (lactones) is 1. The molecule has 3 heterocycles. The zero-order chi connectivity index (χ0) is 14.1. The summed E-state index contributed by atoms with van der Waals surface area (Å²) in [6.07, 6.45) is 3.31. The van der Waals surface area contributed by atoms with Gasteiger partial charge in [0.25, 0.3) is 5.91 Å². The summed E-state index contributed by atoms with van der Waals surface area (Å²) in [7, 11) is 1.88. The number of ether oxygens (including phenoxy) is 1. The van der Waals surface area contributed by atoms with E-state index < -0.39 is 0 Å². The fourth-order valence-electron chi connectivity index (χ4n) is 2.96. The van der Waals surface area contributed by atoms with Crippen molar-refractivity contribution in [3.63, 3.8) is 0 Å². The second-order valence-corrected chi connectivity index (χ2v) is 5.34. The van der Waals surface area contributed by atoms with E-state index >= 15 is 0 Å². The number of nitrogens with zero attached hydrogens (tertiary/aromatic N) is 3. The van der Waals surface area contributed by atoms with Crippen LogP contribution in [0.5, 0.6) is 0 Å². The Bertz CT molecular complexity index is 517. The Kier molecular flexibility index (Phi) is 3.38. The molecule has 6 nitrogen and oxygen atoms in total. The fraction of sp³-hybridized carbons (Fsp3) is 0.571. The van der Waals surface area contributed by atoms with E-state index in [4.69, 9.17) is 4.74 Å². The number of carbonyl (C=O) groups excluding carboxylic acids is 2. The Balaban J connectivity index is 1.60. The molecule has 0 aliphatic carbocycles. The van der Waals surface area contributed by atoms with Crippen LogP contribution in [0.4, 0.5) is 4.79 Å². The van der Waals surface area contributed by atoms with E-state index in [1.807, 2.05) is 34.8 Å². The number of amides is 2. The molecule has 108 valence electrons. The minimum atomic E-state index is -0.211. The number of piperidine rings is 1. The number of hydrogen-bond donors (Lipinski definition) is 0. The second kappa shape index (κ2) is 5.19. The number of carbonyl (C=O) groups is 2. The van der Waals surface area contributed by atoms with E-state index in [0.29, 0.717) is 31.9 Å². The van der Waals surface area contributed by atoms with E-state index in [0.717, 1.165) is 12.8 Å². The van der Waals surface area contributed by atoms with Gasteiger partial charge >= 0.3 is 6.09 Å². The van der Waals surface area contributed by atoms with Gasteiger partial charge in [0, 0.05) is 32.4 Å². The molecule has 0 radical (unpaired) electrons. The summed E-state index contributed by atoms with van der Waals surface area (Å²) in [5.41, 5.74) is 0.712. The van der Waals surface area contributed by atoms with Crippen molar-refractivity contribution in [2.75, 3.05) is 26.2 Å². The first-order valence-electron chi connectivity index (χ1n) is 7.01. The Morgan fingerprint density at radius 3 is 2.60 bits per heavy atom. The normalized spacial score (nSPS) is 20.4. The van der Waals surface area contributed by atoms with Gasteiger partial charge in [-0.05, 0) is 25.0 Å². The molecule has 0 atom stereocenters. The number of rotatable bonds is 2. The minimum Gasteiger partial charge on any atom is -0.448 e. The first-order chi connectivity index (χ1) is 9.66. The lowest BCUT2D eigenvalue weighted by Gasteiger charge is -2.35. The smallest absolute Gasteiger partial charge is 0.410 e. The van der Waals surface area contributed by atoms with E-state index in [1.165, 1.54) is 0 Å². The lowest BCUT2D eigenvalue weighted by molar-refractivity contribution is 0.0649. The average Bonchev–Trinajstić information content (AvgIpc) is 3.07. The van der Waals surface area contributed by atoms with Crippen LogP contribution in [0.2, 0.25) is 0 Å². The van der Waals surface area contributed by atoms with Gasteiger partial charge in [0.1, 0.15) is 12.3 Å². The van der Waals surface area contributed by atoms with Gasteiger partial charge in [0.05, 0.1) is 6.54 Å². The molecule has 2 aliphatic heterocycles. The molecule has 2 aliphatic rings. The summed E-state index contributed by atoms with van der Waals surface area (Å²) in [6.45, 7) is 2.55. The largest absolute Gasteiger partial charge is 0.448 e. The second-order valence-electron chi connectivity index (χ2n) is 5.34. The molecular weight excluding hydrogens is 258 g/mol. The lowest BCUT2D eigenvalue weighted by Crippen LogP contribution is -2.47. The van der Waals surface area contributed by atoms with Gasteiger partial charge in [-0.1, -0.05) is 0 Å². The first-order valence-corrected chi connectivity index (χ1v) is 7.01. The van der Waals surface area contributed by atoms with Crippen LogP contribution in [-0.2, 0) is 11.8 Å². The molecule has 6 heteroatoms. The Morgan fingerprint density at radius 1 is 1.30 bits per heavy atom. The Morgan fingerprint density at radius 2 is 2.05 bits per heavy atom. The van der Waals surface area contributed by atoms with Gasteiger partial charge in [-0.15, -0.1) is 0 Å². The third-order valence-corrected chi connectivity index (χ3v) is 4.15. The molecule has 2 amide bonds. The monoisotopic (exact) mass is 277 g/mol. The van der Waals surface area contributed by atoms with Crippen molar-refractivity contribution < 1.29 is 14.3 Å². The fourth-order valence-corrected chi connectivity index (χ4v) is 2.96. The van der Waals surface area contributed by atoms with Crippen molar-refractivity contribution in [3.8, 4) is 0 Å². The van der Waals surface area contributed by atoms with Crippen LogP contribution in [0.25, 0.3) is 0 Å². The lowest BCUT2D eigenvalue weighted by atomic mass is 10.0. The molecule has 0 aromatic carbocycles. The van der Waals surface area contributed by atoms with Crippen LogP contribution < -0.4 is 0 Å². The molecule has 2 saturated heterocycles. The van der Waals surface area contributed by atoms with Crippen molar-refractivity contribution in [2.24, 2.45) is 7.05 Å². The maximum Gasteiger partial charge on any atom is 0.410 e. The van der Waals surface area contributed by atoms with Crippen LogP contribution in [0.3, 0.4) is 0 Å². The molecular formula is C14H19N3O3. The Labute approximate surface area is 117 Å². The summed E-state index contributed by atoms with van der Waals surface area (Å²) in [6, 6.07) is 3.93. The SMILES string of the molecule is Cn1cccc1C(=O)N1CCC(N2CCOC2=O)CC1. The maximum absolute atomic E-state index is 12.4. The predicted octanol–water partition coefficient (Wildman–Crippen LogP) is 1.08. The summed E-state index contributed by atoms with van der Waals surface area (Å²) in [5.74, 6) is 0.0694. The third kappa shape index (κ3) is 2.26. The molecule has 2 fully saturated rings. The van der Waals surface area contributed by atoms with Crippen molar-refractivity contribution >= 4 is 12.0 Å². The van der Waals surface area contributed by atoms with Crippen molar-refractivity contribution in [1.82, 2.24) is 14.4 Å². The summed E-state index contributed by atoms with van der Waals surface area (Å²) < 4.78 is 6.81. The van der Waals surface area contributed by atoms with E-state index in [-0.39, 0.29) is 18.0 Å². The molecule has 0 spiro atoms. The molecule has 0 bridgehead atoms. The Hall–Kier alpha value is -1.98. The number of aryl methyl sites for hydroxylation is 1. The molecule has 1 aromatic rings. The highest BCUT2D eigenvalue weighted by atomic mass is 16.6. The van der Waals surface area contributed by atoms with Crippen molar-refractivity contribution in [2.45, 2.75) is 18.9 Å². The minimum absolute atomic E-state index is 0.0694. The molecule has 0 unspecified atom stereocenters. The van der Waals surface area contributed by atoms with E-state index in [9.17, 15) is 9.59 Å². The summed E-state index contributed by atoms with van der Waals surface area (Å²) >= 11 is 0. The average molecular weight is 277 g/mol. The molecule has 20 heavy (non-hydrogen) atoms. The van der Waals surface area contributed by atoms with Crippen LogP contribution in [-0.4, -0.2) is 58.7 Å². The van der Waals surface area contributed by atoms with Gasteiger partial charge in [-0.3, -0.25) is 4.79 Å². The standard InChI is InChI=1S/C14H19N3O3/c1-15-6-2-3-12(15)13(18)16-7-4-11(5-8-16)17-9-10-20-14(17)19/h2-3,6,11H,4-5,7-10H2,1H3. The molecule has 0 N–H and O–H groups in total. The number of aromatic nitrogens is 1. The van der Waals surface area contributed by atoms with Gasteiger partial charge in [-0.25, -0.2) is 4.79 Å². The third-order valence-electron chi connectivity index (χ3n) is 4.15. The summed E-state index contributed by atoms with van der Waals surface area (Å²) in [5, 5.41) is 0. The van der Waals surface area contributed by atoms with Gasteiger partial charge < -0.3 is 19.1 Å². The topological polar surface area (TPSA) is 54.8 Å². The van der Waals surface area contributed by atoms with Crippen LogP contribution >= 0.6 is 0 Å². The highest BCUT2D eigenvalue weighted by Gasteiger charge is 2.33. The van der Waals surface area contributed by atoms with Crippen LogP contribution in [0.1, 0.15) is 23.3 Å². The predicted molar refractivity (Wildman–Crippen MR) is 72.4 cm³/mol. The quantitative estimate of drug-likeness (QED) is 0.813. The highest BCUT2D eigenvalue weighted by molar-refractivity contribution is 5.92. The van der Waals surface area contributed by atoms with E-state index in [1.54, 1.807) is 4.90 Å². The van der Waals surface area contributed by atoms with Crippen LogP contribution in [0.15, 0.2) is 18.3 Å². The van der Waals surface area contributed by atoms with Crippen molar-refractivity contribution in [1.29, 1.82) is 0 Å². The highest BCUT2D eigenvalue weighted by Crippen LogP contribution is 2.21. The van der Waals surface area contributed by atoms with Gasteiger partial charge in [0.15, 0.2) is 0 Å². The van der Waals surface area contributed by atoms with Gasteiger partial charge in [-0.2, -0.15) is 0 Å². The van der Waals surface area contributed by atoms with E-state index in [2.05, 4.69) is 0 Å². The van der Waals surface area contributed by atoms with Crippen LogP contribution in [0, 0.1) is 0 Å². The van der Waals surface area contributed by atoms with Crippen molar-refractivity contribution in [3.05, 3.63) is 24.0 Å². The first kappa shape index (κ1) is 13.0. The van der Waals surface area contributed by atoms with Gasteiger partial charge in [0.2, 0.25) is 0 Å². The molecule has 0 saturated carbocycles. The number of hydrogen-bond acceptors (Lipinski definition) is 3. The summed E-state index contributed by atoms with van der Waals surface area (Å²) in [4.78, 5) is 27.6.